The molecule has 38 valence electrons. The SMILES string of the molecule is Cn1cncc1[SiH3]. The highest BCUT2D eigenvalue weighted by Crippen LogP contribution is 1.69. The van der Waals surface area contributed by atoms with Gasteiger partial charge in [-0.05, 0) is 0 Å². The van der Waals surface area contributed by atoms with Crippen LogP contribution in [0.25, 0.3) is 0 Å². The maximum atomic E-state index is 3.92. The molecule has 1 aromatic rings. The Morgan fingerprint density at radius 3 is 2.71 bits per heavy atom. The lowest BCUT2D eigenvalue weighted by Crippen LogP contribution is -2.10. The minimum atomic E-state index is 1.10. The van der Waals surface area contributed by atoms with Crippen LogP contribution in [0, 0.1) is 0 Å². The lowest BCUT2D eigenvalue weighted by molar-refractivity contribution is 0.940. The van der Waals surface area contributed by atoms with Crippen LogP contribution in [0.15, 0.2) is 12.5 Å². The van der Waals surface area contributed by atoms with Crippen LogP contribution in [0.1, 0.15) is 0 Å². The van der Waals surface area contributed by atoms with Crippen molar-refractivity contribution in [1.29, 1.82) is 0 Å². The molecule has 7 heavy (non-hydrogen) atoms. The van der Waals surface area contributed by atoms with E-state index < -0.39 is 0 Å². The highest BCUT2D eigenvalue weighted by atomic mass is 28.1. The summed E-state index contributed by atoms with van der Waals surface area (Å²) < 4.78 is 2.03. The van der Waals surface area contributed by atoms with Gasteiger partial charge in [0.15, 0.2) is 0 Å². The average molecular weight is 112 g/mol. The summed E-state index contributed by atoms with van der Waals surface area (Å²) in [5.74, 6) is 0. The minimum Gasteiger partial charge on any atom is -0.343 e. The molecule has 3 heteroatoms. The molecule has 0 aromatic carbocycles. The number of aryl methyl sites for hydroxylation is 1. The molecule has 1 aromatic heterocycles. The first kappa shape index (κ1) is 4.58. The van der Waals surface area contributed by atoms with E-state index in [0.717, 1.165) is 10.2 Å². The summed E-state index contributed by atoms with van der Waals surface area (Å²) in [7, 11) is 3.11. The van der Waals surface area contributed by atoms with Crippen molar-refractivity contribution in [3.05, 3.63) is 12.5 Å². The van der Waals surface area contributed by atoms with Crippen molar-refractivity contribution in [1.82, 2.24) is 9.55 Å². The number of imidazole rings is 1. The van der Waals surface area contributed by atoms with Gasteiger partial charge in [-0.25, -0.2) is 4.98 Å². The Bertz CT molecular complexity index is 142. The molecule has 0 fully saturated rings. The lowest BCUT2D eigenvalue weighted by Gasteiger charge is -1.87. The summed E-state index contributed by atoms with van der Waals surface area (Å²) in [6.45, 7) is 0. The Morgan fingerprint density at radius 1 is 1.86 bits per heavy atom. The van der Waals surface area contributed by atoms with Crippen molar-refractivity contribution in [3.8, 4) is 0 Å². The van der Waals surface area contributed by atoms with Gasteiger partial charge in [-0.15, -0.1) is 0 Å². The number of rotatable bonds is 0. The third-order valence-corrected chi connectivity index (χ3v) is 2.02. The summed E-state index contributed by atoms with van der Waals surface area (Å²) in [6, 6.07) is 0. The average Bonchev–Trinajstić information content (AvgIpc) is 1.91. The molecule has 0 aliphatic carbocycles. The Labute approximate surface area is 45.6 Å². The standard InChI is InChI=1S/C4H8N2Si/c1-6-3-5-2-4(6)7/h2-3H,1,7H3. The highest BCUT2D eigenvalue weighted by Gasteiger charge is 1.83. The third kappa shape index (κ3) is 0.717. The Hall–Kier alpha value is -0.573. The molecule has 0 saturated heterocycles. The topological polar surface area (TPSA) is 17.8 Å². The van der Waals surface area contributed by atoms with Crippen LogP contribution >= 0.6 is 0 Å². The number of hydrogen-bond acceptors (Lipinski definition) is 1. The lowest BCUT2D eigenvalue weighted by atomic mass is 10.9. The molecule has 2 nitrogen and oxygen atoms in total. The van der Waals surface area contributed by atoms with Crippen molar-refractivity contribution < 1.29 is 0 Å². The zero-order valence-corrected chi connectivity index (χ0v) is 6.55. The third-order valence-electron chi connectivity index (χ3n) is 1.06. The second-order valence-corrected chi connectivity index (χ2v) is 2.67. The molecule has 0 bridgehead atoms. The van der Waals surface area contributed by atoms with E-state index in [1.807, 2.05) is 24.1 Å². The maximum Gasteiger partial charge on any atom is 0.0941 e. The number of nitrogens with zero attached hydrogens (tertiary/aromatic N) is 2. The Morgan fingerprint density at radius 2 is 2.57 bits per heavy atom. The molecule has 0 radical (unpaired) electrons. The fourth-order valence-corrected chi connectivity index (χ4v) is 0.688. The largest absolute Gasteiger partial charge is 0.343 e. The van der Waals surface area contributed by atoms with Crippen molar-refractivity contribution in [2.45, 2.75) is 0 Å². The predicted octanol–water partition coefficient (Wildman–Crippen LogP) is -1.59. The Kier molecular flexibility index (Phi) is 0.980. The van der Waals surface area contributed by atoms with Gasteiger partial charge < -0.3 is 4.57 Å². The first-order valence-corrected chi connectivity index (χ1v) is 3.23. The second-order valence-electron chi connectivity index (χ2n) is 1.65. The zero-order chi connectivity index (χ0) is 5.28. The van der Waals surface area contributed by atoms with Crippen LogP contribution in [-0.2, 0) is 7.05 Å². The first-order valence-electron chi connectivity index (χ1n) is 2.23. The van der Waals surface area contributed by atoms with Gasteiger partial charge in [-0.1, -0.05) is 0 Å². The summed E-state index contributed by atoms with van der Waals surface area (Å²) in [5.41, 5.74) is 0. The minimum absolute atomic E-state index is 1.10. The smallest absolute Gasteiger partial charge is 0.0941 e. The van der Waals surface area contributed by atoms with E-state index in [1.165, 1.54) is 5.32 Å². The molecule has 0 atom stereocenters. The molecule has 0 unspecified atom stereocenters. The second kappa shape index (κ2) is 1.50. The predicted molar refractivity (Wildman–Crippen MR) is 32.8 cm³/mol. The van der Waals surface area contributed by atoms with E-state index in [1.54, 1.807) is 0 Å². The van der Waals surface area contributed by atoms with E-state index in [4.69, 9.17) is 0 Å². The van der Waals surface area contributed by atoms with Crippen LogP contribution < -0.4 is 5.32 Å². The molecule has 1 heterocycles. The van der Waals surface area contributed by atoms with Crippen molar-refractivity contribution in [3.63, 3.8) is 0 Å². The van der Waals surface area contributed by atoms with Gasteiger partial charge in [0.25, 0.3) is 0 Å². The molecule has 0 aliphatic rings. The number of hydrogen-bond donors (Lipinski definition) is 0. The fraction of sp³-hybridized carbons (Fsp3) is 0.250. The summed E-state index contributed by atoms with van der Waals surface area (Å²) in [6.07, 6.45) is 3.72. The molecule has 0 spiro atoms. The van der Waals surface area contributed by atoms with Crippen molar-refractivity contribution in [2.24, 2.45) is 7.05 Å². The normalized spacial score (nSPS) is 9.86. The monoisotopic (exact) mass is 112 g/mol. The van der Waals surface area contributed by atoms with Crippen molar-refractivity contribution >= 4 is 15.6 Å². The first-order chi connectivity index (χ1) is 3.30. The van der Waals surface area contributed by atoms with Crippen molar-refractivity contribution in [2.75, 3.05) is 0 Å². The van der Waals surface area contributed by atoms with E-state index in [2.05, 4.69) is 4.98 Å². The van der Waals surface area contributed by atoms with Crippen LogP contribution in [0.3, 0.4) is 0 Å². The van der Waals surface area contributed by atoms with Crippen LogP contribution in [0.5, 0.6) is 0 Å². The molecule has 1 rings (SSSR count). The van der Waals surface area contributed by atoms with Gasteiger partial charge in [-0.2, -0.15) is 0 Å². The van der Waals surface area contributed by atoms with Gasteiger partial charge in [0.1, 0.15) is 0 Å². The van der Waals surface area contributed by atoms with Gasteiger partial charge >= 0.3 is 0 Å². The Balaban J connectivity index is 3.12. The van der Waals surface area contributed by atoms with E-state index >= 15 is 0 Å². The maximum absolute atomic E-state index is 3.92. The van der Waals surface area contributed by atoms with E-state index in [9.17, 15) is 0 Å². The fourth-order valence-electron chi connectivity index (χ4n) is 0.423. The van der Waals surface area contributed by atoms with E-state index in [-0.39, 0.29) is 0 Å². The summed E-state index contributed by atoms with van der Waals surface area (Å²) in [5, 5.41) is 1.33. The van der Waals surface area contributed by atoms with Gasteiger partial charge in [0.05, 0.1) is 16.6 Å². The number of aromatic nitrogens is 2. The van der Waals surface area contributed by atoms with Crippen LogP contribution in [0.4, 0.5) is 0 Å². The molecular formula is C4H8N2Si. The van der Waals surface area contributed by atoms with Gasteiger partial charge in [0, 0.05) is 18.6 Å². The highest BCUT2D eigenvalue weighted by molar-refractivity contribution is 6.30. The van der Waals surface area contributed by atoms with Crippen LogP contribution in [-0.4, -0.2) is 19.8 Å². The molecule has 0 amide bonds. The molecule has 0 aliphatic heterocycles. The van der Waals surface area contributed by atoms with Gasteiger partial charge in [-0.3, -0.25) is 0 Å². The van der Waals surface area contributed by atoms with Gasteiger partial charge in [0.2, 0.25) is 0 Å². The molecule has 0 N–H and O–H groups in total. The zero-order valence-electron chi connectivity index (χ0n) is 4.55. The molecular weight excluding hydrogens is 104 g/mol. The molecule has 0 saturated carbocycles. The quantitative estimate of drug-likeness (QED) is 0.370. The van der Waals surface area contributed by atoms with Crippen LogP contribution in [0.2, 0.25) is 0 Å². The summed E-state index contributed by atoms with van der Waals surface area (Å²) in [4.78, 5) is 3.92. The summed E-state index contributed by atoms with van der Waals surface area (Å²) >= 11 is 0. The van der Waals surface area contributed by atoms with E-state index in [0.29, 0.717) is 0 Å².